The Morgan fingerprint density at radius 2 is 1.26 bits per heavy atom. The molecule has 27 heavy (non-hydrogen) atoms. The first-order valence-corrected chi connectivity index (χ1v) is 10.6. The molecule has 6 rings (SSSR count). The molecule has 2 aromatic rings. The first-order chi connectivity index (χ1) is 13.3. The normalized spacial score (nSPS) is 33.9. The molecule has 0 aromatic heterocycles. The van der Waals surface area contributed by atoms with E-state index in [1.54, 1.807) is 0 Å². The van der Waals surface area contributed by atoms with Gasteiger partial charge in [0.15, 0.2) is 0 Å². The third kappa shape index (κ3) is 2.95. The average Bonchev–Trinajstić information content (AvgIpc) is 2.75. The number of likely N-dealkylation sites (tertiary alicyclic amines) is 1. The van der Waals surface area contributed by atoms with Gasteiger partial charge in [-0.1, -0.05) is 67.1 Å². The predicted octanol–water partition coefficient (Wildman–Crippen LogP) is 5.16. The van der Waals surface area contributed by atoms with Crippen LogP contribution in [-0.4, -0.2) is 29.3 Å². The quantitative estimate of drug-likeness (QED) is 0.754. The highest BCUT2D eigenvalue weighted by molar-refractivity contribution is 5.86. The minimum absolute atomic E-state index is 0.0628. The Hall–Kier alpha value is -1.93. The molecule has 0 N–H and O–H groups in total. The number of ketones is 1. The topological polar surface area (TPSA) is 20.3 Å². The van der Waals surface area contributed by atoms with Gasteiger partial charge in [-0.25, -0.2) is 0 Å². The second kappa shape index (κ2) is 6.91. The van der Waals surface area contributed by atoms with Crippen LogP contribution in [0.3, 0.4) is 0 Å². The van der Waals surface area contributed by atoms with Gasteiger partial charge >= 0.3 is 0 Å². The maximum atomic E-state index is 13.4. The summed E-state index contributed by atoms with van der Waals surface area (Å²) in [7, 11) is 0. The lowest BCUT2D eigenvalue weighted by Crippen LogP contribution is -2.62. The van der Waals surface area contributed by atoms with Gasteiger partial charge in [0.25, 0.3) is 0 Å². The van der Waals surface area contributed by atoms with Crippen LogP contribution < -0.4 is 0 Å². The van der Waals surface area contributed by atoms with Crippen molar-refractivity contribution in [2.75, 3.05) is 13.1 Å². The van der Waals surface area contributed by atoms with Gasteiger partial charge in [-0.2, -0.15) is 0 Å². The van der Waals surface area contributed by atoms with Crippen molar-refractivity contribution >= 4 is 5.78 Å². The van der Waals surface area contributed by atoms with E-state index in [1.165, 1.54) is 43.5 Å². The standard InChI is InChI=1S/C25H29NO/c27-23-18-25(26-14-8-3-9-15-26)16-21(19-10-4-1-5-11-19)24(23)22(17-25)20-12-6-2-7-13-20/h1-2,4-7,10-13,21-22,24H,3,8-9,14-18H2/t21-,22+,24?,25?. The second-order valence-corrected chi connectivity index (χ2v) is 8.88. The third-order valence-corrected chi connectivity index (χ3v) is 7.42. The Balaban J connectivity index is 1.59. The summed E-state index contributed by atoms with van der Waals surface area (Å²) in [6.07, 6.45) is 6.97. The second-order valence-electron chi connectivity index (χ2n) is 8.88. The Kier molecular flexibility index (Phi) is 4.40. The summed E-state index contributed by atoms with van der Waals surface area (Å²) in [4.78, 5) is 16.1. The van der Waals surface area contributed by atoms with Crippen LogP contribution in [-0.2, 0) is 4.79 Å². The number of rotatable bonds is 3. The summed E-state index contributed by atoms with van der Waals surface area (Å²) in [5, 5.41) is 0. The summed E-state index contributed by atoms with van der Waals surface area (Å²) in [5.41, 5.74) is 2.78. The van der Waals surface area contributed by atoms with E-state index in [4.69, 9.17) is 0 Å². The molecule has 2 aromatic carbocycles. The molecular weight excluding hydrogens is 330 g/mol. The molecule has 2 unspecified atom stereocenters. The Bertz CT molecular complexity index is 744. The van der Waals surface area contributed by atoms with Gasteiger partial charge in [0.05, 0.1) is 0 Å². The van der Waals surface area contributed by atoms with Crippen molar-refractivity contribution in [1.82, 2.24) is 4.90 Å². The van der Waals surface area contributed by atoms with Crippen LogP contribution in [0.25, 0.3) is 0 Å². The van der Waals surface area contributed by atoms with E-state index in [-0.39, 0.29) is 11.5 Å². The van der Waals surface area contributed by atoms with Crippen LogP contribution in [0.5, 0.6) is 0 Å². The molecule has 2 bridgehead atoms. The maximum absolute atomic E-state index is 13.4. The number of Topliss-reactive ketones (excluding diaryl/α,β-unsaturated/α-hetero) is 1. The zero-order chi connectivity index (χ0) is 18.3. The highest BCUT2D eigenvalue weighted by Crippen LogP contribution is 2.58. The van der Waals surface area contributed by atoms with Gasteiger partial charge in [-0.15, -0.1) is 0 Å². The Morgan fingerprint density at radius 1 is 0.741 bits per heavy atom. The first kappa shape index (κ1) is 17.2. The van der Waals surface area contributed by atoms with Crippen LogP contribution in [0, 0.1) is 5.92 Å². The molecular formula is C25H29NO. The van der Waals surface area contributed by atoms with E-state index in [9.17, 15) is 4.79 Å². The van der Waals surface area contributed by atoms with E-state index < -0.39 is 0 Å². The molecule has 1 aliphatic heterocycles. The lowest BCUT2D eigenvalue weighted by molar-refractivity contribution is -0.140. The molecule has 0 amide bonds. The average molecular weight is 360 g/mol. The fraction of sp³-hybridized carbons (Fsp3) is 0.480. The van der Waals surface area contributed by atoms with Gasteiger partial charge in [0.2, 0.25) is 0 Å². The van der Waals surface area contributed by atoms with Crippen LogP contribution in [0.4, 0.5) is 0 Å². The number of carbonyl (C=O) groups excluding carboxylic acids is 1. The number of piperidine rings is 1. The molecule has 2 heteroatoms. The van der Waals surface area contributed by atoms with Crippen molar-refractivity contribution in [1.29, 1.82) is 0 Å². The number of benzene rings is 2. The lowest BCUT2D eigenvalue weighted by Gasteiger charge is -2.59. The minimum atomic E-state index is 0.0628. The minimum Gasteiger partial charge on any atom is -0.299 e. The van der Waals surface area contributed by atoms with Crippen LogP contribution >= 0.6 is 0 Å². The maximum Gasteiger partial charge on any atom is 0.139 e. The number of hydrogen-bond acceptors (Lipinski definition) is 2. The molecule has 3 aliphatic carbocycles. The van der Waals surface area contributed by atoms with Crippen molar-refractivity contribution in [2.24, 2.45) is 5.92 Å². The van der Waals surface area contributed by atoms with E-state index in [0.717, 1.165) is 19.3 Å². The van der Waals surface area contributed by atoms with Gasteiger partial charge in [-0.05, 0) is 61.7 Å². The molecule has 0 radical (unpaired) electrons. The summed E-state index contributed by atoms with van der Waals surface area (Å²) in [6, 6.07) is 21.7. The van der Waals surface area contributed by atoms with E-state index >= 15 is 0 Å². The molecule has 1 saturated heterocycles. The number of fused-ring (bicyclic) bond motifs is 3. The number of hydrogen-bond donors (Lipinski definition) is 0. The highest BCUT2D eigenvalue weighted by Gasteiger charge is 2.57. The Morgan fingerprint density at radius 3 is 1.78 bits per heavy atom. The molecule has 4 fully saturated rings. The molecule has 0 spiro atoms. The van der Waals surface area contributed by atoms with Crippen molar-refractivity contribution in [3.05, 3.63) is 71.8 Å². The molecule has 4 atom stereocenters. The zero-order valence-corrected chi connectivity index (χ0v) is 16.0. The summed E-state index contributed by atoms with van der Waals surface area (Å²) in [5.74, 6) is 1.35. The Labute approximate surface area is 162 Å². The highest BCUT2D eigenvalue weighted by atomic mass is 16.1. The summed E-state index contributed by atoms with van der Waals surface area (Å²) < 4.78 is 0. The van der Waals surface area contributed by atoms with Crippen LogP contribution in [0.2, 0.25) is 0 Å². The van der Waals surface area contributed by atoms with Crippen LogP contribution in [0.1, 0.15) is 61.5 Å². The van der Waals surface area contributed by atoms with E-state index in [1.807, 2.05) is 0 Å². The summed E-state index contributed by atoms with van der Waals surface area (Å²) in [6.45, 7) is 2.34. The molecule has 3 saturated carbocycles. The lowest BCUT2D eigenvalue weighted by atomic mass is 9.52. The van der Waals surface area contributed by atoms with Crippen molar-refractivity contribution in [3.8, 4) is 0 Å². The zero-order valence-electron chi connectivity index (χ0n) is 16.0. The van der Waals surface area contributed by atoms with Gasteiger partial charge in [-0.3, -0.25) is 9.69 Å². The fourth-order valence-corrected chi connectivity index (χ4v) is 6.26. The smallest absolute Gasteiger partial charge is 0.139 e. The molecule has 140 valence electrons. The van der Waals surface area contributed by atoms with E-state index in [2.05, 4.69) is 65.6 Å². The van der Waals surface area contributed by atoms with Gasteiger partial charge in [0, 0.05) is 17.9 Å². The van der Waals surface area contributed by atoms with Gasteiger partial charge in [0.1, 0.15) is 5.78 Å². The largest absolute Gasteiger partial charge is 0.299 e. The van der Waals surface area contributed by atoms with Crippen LogP contribution in [0.15, 0.2) is 60.7 Å². The number of nitrogens with zero attached hydrogens (tertiary/aromatic N) is 1. The summed E-state index contributed by atoms with van der Waals surface area (Å²) >= 11 is 0. The fourth-order valence-electron chi connectivity index (χ4n) is 6.26. The SMILES string of the molecule is O=C1CC2(N3CCCCC3)C[C@H](c3ccccc3)C1[C@H](c1ccccc1)C2. The monoisotopic (exact) mass is 359 g/mol. The van der Waals surface area contributed by atoms with Gasteiger partial charge < -0.3 is 0 Å². The third-order valence-electron chi connectivity index (χ3n) is 7.42. The predicted molar refractivity (Wildman–Crippen MR) is 109 cm³/mol. The first-order valence-electron chi connectivity index (χ1n) is 10.6. The van der Waals surface area contributed by atoms with E-state index in [0.29, 0.717) is 17.6 Å². The van der Waals surface area contributed by atoms with Crippen molar-refractivity contribution in [2.45, 2.75) is 55.9 Å². The van der Waals surface area contributed by atoms with Crippen molar-refractivity contribution in [3.63, 3.8) is 0 Å². The molecule has 4 aliphatic rings. The number of carbonyl (C=O) groups is 1. The molecule has 1 heterocycles. The molecule has 2 nitrogen and oxygen atoms in total. The van der Waals surface area contributed by atoms with Crippen molar-refractivity contribution < 1.29 is 4.79 Å².